The van der Waals surface area contributed by atoms with E-state index in [1.807, 2.05) is 6.20 Å². The Kier molecular flexibility index (Phi) is 9.68. The molecular weight excluding hydrogens is 716 g/mol. The first kappa shape index (κ1) is 39.0. The Balaban J connectivity index is 1.18. The smallest absolute Gasteiger partial charge is 0.264 e. The van der Waals surface area contributed by atoms with Gasteiger partial charge in [0, 0.05) is 11.0 Å². The van der Waals surface area contributed by atoms with Gasteiger partial charge in [-0.3, -0.25) is 8.98 Å². The average Bonchev–Trinajstić information content (AvgIpc) is 3.70. The van der Waals surface area contributed by atoms with Gasteiger partial charge in [0.25, 0.3) is 10.1 Å². The summed E-state index contributed by atoms with van der Waals surface area (Å²) < 4.78 is 64.5. The fraction of sp³-hybridized carbons (Fsp3) is 0.700. The first-order chi connectivity index (χ1) is 24.6. The Bertz CT molecular complexity index is 1920. The lowest BCUT2D eigenvalue weighted by Gasteiger charge is -2.60. The predicted molar refractivity (Wildman–Crippen MR) is 202 cm³/mol. The molecule has 4 fully saturated rings. The number of aliphatic hydroxyl groups excluding tert-OH is 1. The number of hydrogen-bond acceptors (Lipinski definition) is 9. The molecule has 0 amide bonds. The second-order valence-electron chi connectivity index (χ2n) is 18.4. The summed E-state index contributed by atoms with van der Waals surface area (Å²) in [6, 6.07) is 4.50. The Hall–Kier alpha value is -2.26. The summed E-state index contributed by atoms with van der Waals surface area (Å²) >= 11 is 0. The molecule has 292 valence electrons. The van der Waals surface area contributed by atoms with Crippen molar-refractivity contribution in [2.75, 3.05) is 12.9 Å². The maximum atomic E-state index is 14.7. The molecule has 0 radical (unpaired) electrons. The lowest BCUT2D eigenvalue weighted by atomic mass is 9.45. The number of carbonyl (C=O) groups is 1. The second-order valence-corrected chi connectivity index (χ2v) is 24.9. The molecular formula is C40H57FN2O8SSi. The molecule has 13 heteroatoms. The molecule has 1 aliphatic heterocycles. The minimum absolute atomic E-state index is 0.0145. The van der Waals surface area contributed by atoms with Crippen LogP contribution in [0, 0.1) is 34.4 Å². The number of nitrogens with zero attached hydrogens (tertiary/aromatic N) is 2. The van der Waals surface area contributed by atoms with E-state index in [1.54, 1.807) is 16.8 Å². The maximum absolute atomic E-state index is 14.7. The van der Waals surface area contributed by atoms with E-state index in [0.29, 0.717) is 31.4 Å². The van der Waals surface area contributed by atoms with Gasteiger partial charge in [0.05, 0.1) is 49.3 Å². The van der Waals surface area contributed by atoms with Crippen LogP contribution < -0.4 is 0 Å². The molecule has 4 aliphatic carbocycles. The zero-order valence-corrected chi connectivity index (χ0v) is 34.5. The average molecular weight is 773 g/mol. The number of ketones is 1. The number of Topliss-reactive ketones (excluding diaryl/α,β-unsaturated/α-hetero) is 1. The van der Waals surface area contributed by atoms with Crippen LogP contribution in [0.1, 0.15) is 96.9 Å². The summed E-state index contributed by atoms with van der Waals surface area (Å²) in [6.45, 7) is 17.0. The SMILES string of the molecule is CCCC1O[C@@H]2C[C@H]3[C@@H]4CCC5=Cc6c(cnn6-c6ccc(F)c(COS(C)(=O)=O)c6)C[C@]5(C)[C@H]4[C@@H](O)C[C@]3(C)[C@]2(C(=O)CO[Si](C)(C)C(C)(C)C)O1. The topological polar surface area (TPSA) is 126 Å². The molecule has 10 nitrogen and oxygen atoms in total. The Morgan fingerprint density at radius 2 is 1.96 bits per heavy atom. The van der Waals surface area contributed by atoms with Crippen molar-refractivity contribution in [3.8, 4) is 5.69 Å². The van der Waals surface area contributed by atoms with Gasteiger partial charge in [-0.1, -0.05) is 53.5 Å². The van der Waals surface area contributed by atoms with Gasteiger partial charge in [-0.15, -0.1) is 0 Å². The van der Waals surface area contributed by atoms with E-state index in [9.17, 15) is 22.7 Å². The third-order valence-corrected chi connectivity index (χ3v) is 19.3. The van der Waals surface area contributed by atoms with Crippen molar-refractivity contribution in [3.63, 3.8) is 0 Å². The second kappa shape index (κ2) is 13.2. The molecule has 1 aromatic carbocycles. The molecule has 2 heterocycles. The fourth-order valence-electron chi connectivity index (χ4n) is 10.6. The number of allylic oxidation sites excluding steroid dienone is 1. The van der Waals surface area contributed by atoms with Gasteiger partial charge in [0.2, 0.25) is 0 Å². The van der Waals surface area contributed by atoms with E-state index >= 15 is 0 Å². The van der Waals surface area contributed by atoms with Crippen LogP contribution in [0.2, 0.25) is 18.1 Å². The van der Waals surface area contributed by atoms with Crippen LogP contribution >= 0.6 is 0 Å². The number of ether oxygens (including phenoxy) is 2. The Morgan fingerprint density at radius 1 is 1.23 bits per heavy atom. The van der Waals surface area contributed by atoms with E-state index in [2.05, 4.69) is 60.7 Å². The van der Waals surface area contributed by atoms with Crippen molar-refractivity contribution in [2.24, 2.45) is 28.6 Å². The van der Waals surface area contributed by atoms with Crippen LogP contribution in [0.3, 0.4) is 0 Å². The van der Waals surface area contributed by atoms with Crippen molar-refractivity contribution < 1.29 is 40.8 Å². The zero-order chi connectivity index (χ0) is 38.5. The quantitative estimate of drug-likeness (QED) is 0.199. The molecule has 0 spiro atoms. The largest absolute Gasteiger partial charge is 0.409 e. The fourth-order valence-corrected chi connectivity index (χ4v) is 11.9. The van der Waals surface area contributed by atoms with Gasteiger partial charge in [-0.05, 0) is 110 Å². The van der Waals surface area contributed by atoms with Gasteiger partial charge in [-0.25, -0.2) is 9.07 Å². The maximum Gasteiger partial charge on any atom is 0.264 e. The molecule has 1 saturated heterocycles. The van der Waals surface area contributed by atoms with E-state index in [-0.39, 0.29) is 52.3 Å². The highest BCUT2D eigenvalue weighted by molar-refractivity contribution is 7.85. The molecule has 7 rings (SSSR count). The van der Waals surface area contributed by atoms with Crippen molar-refractivity contribution in [3.05, 3.63) is 52.6 Å². The first-order valence-electron chi connectivity index (χ1n) is 19.2. The van der Waals surface area contributed by atoms with Crippen LogP contribution in [0.4, 0.5) is 4.39 Å². The van der Waals surface area contributed by atoms with E-state index in [1.165, 1.54) is 11.6 Å². The van der Waals surface area contributed by atoms with Crippen molar-refractivity contribution in [1.82, 2.24) is 9.78 Å². The molecule has 2 aromatic rings. The van der Waals surface area contributed by atoms with Gasteiger partial charge in [-0.2, -0.15) is 13.5 Å². The highest BCUT2D eigenvalue weighted by Gasteiger charge is 2.76. The molecule has 1 N–H and O–H groups in total. The highest BCUT2D eigenvalue weighted by Crippen LogP contribution is 2.70. The predicted octanol–water partition coefficient (Wildman–Crippen LogP) is 7.12. The van der Waals surface area contributed by atoms with Crippen LogP contribution in [0.5, 0.6) is 0 Å². The van der Waals surface area contributed by atoms with E-state index < -0.39 is 54.3 Å². The summed E-state index contributed by atoms with van der Waals surface area (Å²) in [5.74, 6) is -0.366. The van der Waals surface area contributed by atoms with Crippen molar-refractivity contribution in [1.29, 1.82) is 0 Å². The summed E-state index contributed by atoms with van der Waals surface area (Å²) in [5.41, 5.74) is 1.77. The molecule has 1 unspecified atom stereocenters. The lowest BCUT2D eigenvalue weighted by Crippen LogP contribution is -2.64. The van der Waals surface area contributed by atoms with E-state index in [0.717, 1.165) is 36.8 Å². The zero-order valence-electron chi connectivity index (χ0n) is 32.7. The standard InChI is InChI=1S/C40H57FN2O8SSi/c1-10-11-35-50-34-18-29-28-14-12-26-17-31-25(21-42-43(31)27-13-15-30(41)24(16-27)22-48-52(7,46)47)19-38(26,5)36(28)32(44)20-39(29,6)40(34,51-35)33(45)23-49-53(8,9)37(2,3)4/h13,15-17,21,28-29,32,34-36,44H,10-12,14,18-20,22-23H2,1-9H3/t28-,29-,32-,34+,35?,36+,38-,39-,40+/m0/s1. The highest BCUT2D eigenvalue weighted by atomic mass is 32.2. The summed E-state index contributed by atoms with van der Waals surface area (Å²) in [5, 5.41) is 17.1. The molecule has 5 aliphatic rings. The normalized spacial score (nSPS) is 35.2. The van der Waals surface area contributed by atoms with Crippen molar-refractivity contribution >= 4 is 30.3 Å². The number of benzene rings is 1. The molecule has 53 heavy (non-hydrogen) atoms. The van der Waals surface area contributed by atoms with Crippen LogP contribution in [-0.4, -0.2) is 74.4 Å². The van der Waals surface area contributed by atoms with Gasteiger partial charge < -0.3 is 19.0 Å². The third-order valence-electron chi connectivity index (χ3n) is 14.2. The number of aliphatic hydroxyl groups is 1. The number of fused-ring (bicyclic) bond motifs is 8. The Morgan fingerprint density at radius 3 is 2.64 bits per heavy atom. The minimum Gasteiger partial charge on any atom is -0.409 e. The molecule has 3 saturated carbocycles. The minimum atomic E-state index is -3.75. The molecule has 0 bridgehead atoms. The lowest BCUT2D eigenvalue weighted by molar-refractivity contribution is -0.202. The van der Waals surface area contributed by atoms with Crippen LogP contribution in [0.25, 0.3) is 11.8 Å². The summed E-state index contributed by atoms with van der Waals surface area (Å²) in [4.78, 5) is 14.7. The van der Waals surface area contributed by atoms with Crippen LogP contribution in [0.15, 0.2) is 30.0 Å². The number of rotatable bonds is 10. The van der Waals surface area contributed by atoms with E-state index in [4.69, 9.17) is 23.2 Å². The summed E-state index contributed by atoms with van der Waals surface area (Å²) in [7, 11) is -5.97. The molecule has 9 atom stereocenters. The first-order valence-corrected chi connectivity index (χ1v) is 24.0. The van der Waals surface area contributed by atoms with Gasteiger partial charge in [0.1, 0.15) is 5.82 Å². The van der Waals surface area contributed by atoms with Crippen molar-refractivity contribution in [2.45, 2.75) is 135 Å². The summed E-state index contributed by atoms with van der Waals surface area (Å²) in [6.07, 6.45) is 8.58. The number of aromatic nitrogens is 2. The van der Waals surface area contributed by atoms with Crippen LogP contribution in [-0.2, 0) is 46.0 Å². The Labute approximate surface area is 315 Å². The number of halogens is 1. The molecule has 1 aromatic heterocycles. The monoisotopic (exact) mass is 772 g/mol. The van der Waals surface area contributed by atoms with Gasteiger partial charge >= 0.3 is 0 Å². The number of hydrogen-bond donors (Lipinski definition) is 1. The van der Waals surface area contributed by atoms with Gasteiger partial charge in [0.15, 0.2) is 26.0 Å². The third kappa shape index (κ3) is 6.24. The number of carbonyl (C=O) groups excluding carboxylic acids is 1.